The second-order valence-electron chi connectivity index (χ2n) is 4.76. The highest BCUT2D eigenvalue weighted by molar-refractivity contribution is 7.94. The molecule has 1 heterocycles. The van der Waals surface area contributed by atoms with Crippen molar-refractivity contribution in [2.45, 2.75) is 10.1 Å². The molecule has 4 nitrogen and oxygen atoms in total. The molecule has 0 fully saturated rings. The minimum Gasteiger partial charge on any atom is -0.292 e. The smallest absolute Gasteiger partial charge is 0.195 e. The van der Waals surface area contributed by atoms with E-state index in [-0.39, 0.29) is 16.2 Å². The van der Waals surface area contributed by atoms with Crippen LogP contribution in [0.3, 0.4) is 0 Å². The van der Waals surface area contributed by atoms with E-state index in [0.717, 1.165) is 0 Å². The topological polar surface area (TPSA) is 63.6 Å². The van der Waals surface area contributed by atoms with Gasteiger partial charge in [0.1, 0.15) is 0 Å². The van der Waals surface area contributed by atoms with E-state index in [0.29, 0.717) is 5.56 Å². The molecule has 106 valence electrons. The summed E-state index contributed by atoms with van der Waals surface area (Å²) in [6.07, 6.45) is 0. The summed E-state index contributed by atoms with van der Waals surface area (Å²) >= 11 is 0. The molecule has 3 rings (SSSR count). The van der Waals surface area contributed by atoms with Gasteiger partial charge in [0.15, 0.2) is 20.9 Å². The second-order valence-corrected chi connectivity index (χ2v) is 6.76. The average Bonchev–Trinajstić information content (AvgIpc) is 2.71. The Morgan fingerprint density at radius 2 is 1.62 bits per heavy atom. The van der Waals surface area contributed by atoms with Crippen LogP contribution in [-0.2, 0) is 9.84 Å². The molecule has 0 saturated carbocycles. The quantitative estimate of drug-likeness (QED) is 0.798. The van der Waals surface area contributed by atoms with Crippen LogP contribution in [0.4, 0.5) is 0 Å². The summed E-state index contributed by atoms with van der Waals surface area (Å²) in [6, 6.07) is 15.2. The fraction of sp³-hybridized carbons (Fsp3) is 0.125. The fourth-order valence-electron chi connectivity index (χ4n) is 2.61. The molecule has 1 atom stereocenters. The Bertz CT molecular complexity index is 839. The minimum absolute atomic E-state index is 0.0945. The third-order valence-electron chi connectivity index (χ3n) is 3.57. The SMILES string of the molecule is CN=C(c1ccccc1)C1C(=O)c2ccccc2S1(=O)=O. The molecular weight excluding hydrogens is 286 g/mol. The number of benzene rings is 2. The molecule has 2 aromatic carbocycles. The molecule has 2 aromatic rings. The first-order valence-electron chi connectivity index (χ1n) is 6.46. The van der Waals surface area contributed by atoms with Crippen molar-refractivity contribution in [1.82, 2.24) is 0 Å². The van der Waals surface area contributed by atoms with Gasteiger partial charge in [-0.25, -0.2) is 8.42 Å². The Morgan fingerprint density at radius 1 is 1.00 bits per heavy atom. The van der Waals surface area contributed by atoms with Crippen LogP contribution < -0.4 is 0 Å². The molecule has 0 aliphatic carbocycles. The molecule has 0 saturated heterocycles. The molecule has 1 unspecified atom stereocenters. The van der Waals surface area contributed by atoms with Crippen LogP contribution in [0.2, 0.25) is 0 Å². The van der Waals surface area contributed by atoms with E-state index < -0.39 is 20.9 Å². The Morgan fingerprint density at radius 3 is 2.24 bits per heavy atom. The number of Topliss-reactive ketones (excluding diaryl/α,β-unsaturated/α-hetero) is 1. The van der Waals surface area contributed by atoms with Gasteiger partial charge < -0.3 is 0 Å². The number of ketones is 1. The first-order valence-corrected chi connectivity index (χ1v) is 8.01. The van der Waals surface area contributed by atoms with Crippen molar-refractivity contribution in [1.29, 1.82) is 0 Å². The molecule has 0 aromatic heterocycles. The summed E-state index contributed by atoms with van der Waals surface area (Å²) in [5.41, 5.74) is 1.19. The summed E-state index contributed by atoms with van der Waals surface area (Å²) in [6.45, 7) is 0. The summed E-state index contributed by atoms with van der Waals surface area (Å²) in [7, 11) is -2.23. The number of carbonyl (C=O) groups excluding carboxylic acids is 1. The number of nitrogens with zero attached hydrogens (tertiary/aromatic N) is 1. The minimum atomic E-state index is -3.74. The molecule has 0 N–H and O–H groups in total. The molecular formula is C16H13NO3S. The van der Waals surface area contributed by atoms with Crippen LogP contribution in [0.1, 0.15) is 15.9 Å². The Kier molecular flexibility index (Phi) is 3.22. The summed E-state index contributed by atoms with van der Waals surface area (Å²) in [5.74, 6) is -0.407. The van der Waals surface area contributed by atoms with E-state index in [1.165, 1.54) is 13.1 Å². The van der Waals surface area contributed by atoms with Crippen molar-refractivity contribution in [2.24, 2.45) is 4.99 Å². The van der Waals surface area contributed by atoms with E-state index in [9.17, 15) is 13.2 Å². The van der Waals surface area contributed by atoms with Crippen LogP contribution >= 0.6 is 0 Å². The molecule has 0 amide bonds. The Hall–Kier alpha value is -2.27. The van der Waals surface area contributed by atoms with Gasteiger partial charge in [-0.2, -0.15) is 0 Å². The van der Waals surface area contributed by atoms with Crippen molar-refractivity contribution in [2.75, 3.05) is 7.05 Å². The van der Waals surface area contributed by atoms with E-state index >= 15 is 0 Å². The number of carbonyl (C=O) groups is 1. The highest BCUT2D eigenvalue weighted by atomic mass is 32.2. The van der Waals surface area contributed by atoms with Gasteiger partial charge in [-0.15, -0.1) is 0 Å². The van der Waals surface area contributed by atoms with Gasteiger partial charge in [0.05, 0.1) is 10.6 Å². The molecule has 21 heavy (non-hydrogen) atoms. The molecule has 0 spiro atoms. The van der Waals surface area contributed by atoms with E-state index in [1.54, 1.807) is 42.5 Å². The van der Waals surface area contributed by atoms with Crippen molar-refractivity contribution < 1.29 is 13.2 Å². The lowest BCUT2D eigenvalue weighted by molar-refractivity contribution is 0.101. The third-order valence-corrected chi connectivity index (χ3v) is 5.59. The highest BCUT2D eigenvalue weighted by Gasteiger charge is 2.47. The van der Waals surface area contributed by atoms with Crippen molar-refractivity contribution in [3.63, 3.8) is 0 Å². The van der Waals surface area contributed by atoms with Gasteiger partial charge >= 0.3 is 0 Å². The summed E-state index contributed by atoms with van der Waals surface area (Å²) in [4.78, 5) is 16.7. The predicted octanol–water partition coefficient (Wildman–Crippen LogP) is 2.14. The van der Waals surface area contributed by atoms with Gasteiger partial charge in [0.2, 0.25) is 0 Å². The van der Waals surface area contributed by atoms with Gasteiger partial charge in [-0.1, -0.05) is 48.5 Å². The first-order chi connectivity index (χ1) is 10.1. The lowest BCUT2D eigenvalue weighted by Crippen LogP contribution is -2.33. The Labute approximate surface area is 123 Å². The normalized spacial score (nSPS) is 20.3. The first kappa shape index (κ1) is 13.7. The number of hydrogen-bond acceptors (Lipinski definition) is 4. The zero-order valence-corrected chi connectivity index (χ0v) is 12.2. The van der Waals surface area contributed by atoms with Crippen molar-refractivity contribution >= 4 is 21.3 Å². The number of rotatable bonds is 2. The van der Waals surface area contributed by atoms with Crippen molar-refractivity contribution in [3.05, 3.63) is 65.7 Å². The molecule has 1 aliphatic rings. The zero-order valence-electron chi connectivity index (χ0n) is 11.4. The van der Waals surface area contributed by atoms with Crippen molar-refractivity contribution in [3.8, 4) is 0 Å². The van der Waals surface area contributed by atoms with E-state index in [1.807, 2.05) is 6.07 Å². The maximum atomic E-state index is 12.7. The van der Waals surface area contributed by atoms with Crippen LogP contribution in [0.5, 0.6) is 0 Å². The van der Waals surface area contributed by atoms with E-state index in [2.05, 4.69) is 4.99 Å². The standard InChI is InChI=1S/C16H13NO3S/c1-17-14(11-7-3-2-4-8-11)16-15(18)12-9-5-6-10-13(12)21(16,19)20/h2-10,16H,1H3. The molecule has 0 radical (unpaired) electrons. The molecule has 1 aliphatic heterocycles. The number of fused-ring (bicyclic) bond motifs is 1. The van der Waals surface area contributed by atoms with E-state index in [4.69, 9.17) is 0 Å². The number of sulfone groups is 1. The predicted molar refractivity (Wildman–Crippen MR) is 80.6 cm³/mol. The van der Waals surface area contributed by atoms with Crippen LogP contribution in [0.15, 0.2) is 64.5 Å². The van der Waals surface area contributed by atoms with Crippen LogP contribution in [0, 0.1) is 0 Å². The second kappa shape index (κ2) is 4.93. The van der Waals surface area contributed by atoms with Gasteiger partial charge in [0.25, 0.3) is 0 Å². The maximum Gasteiger partial charge on any atom is 0.195 e. The highest BCUT2D eigenvalue weighted by Crippen LogP contribution is 2.33. The van der Waals surface area contributed by atoms with Crippen LogP contribution in [0.25, 0.3) is 0 Å². The third kappa shape index (κ3) is 2.01. The number of aliphatic imine (C=N–C) groups is 1. The lowest BCUT2D eigenvalue weighted by atomic mass is 10.0. The largest absolute Gasteiger partial charge is 0.292 e. The maximum absolute atomic E-state index is 12.7. The monoisotopic (exact) mass is 299 g/mol. The fourth-order valence-corrected chi connectivity index (χ4v) is 4.55. The van der Waals surface area contributed by atoms with Gasteiger partial charge in [-0.05, 0) is 11.6 Å². The summed E-state index contributed by atoms with van der Waals surface area (Å²) < 4.78 is 25.3. The average molecular weight is 299 g/mol. The van der Waals surface area contributed by atoms with Gasteiger partial charge in [0, 0.05) is 12.6 Å². The number of hydrogen-bond donors (Lipinski definition) is 0. The molecule has 0 bridgehead atoms. The lowest BCUT2D eigenvalue weighted by Gasteiger charge is -2.12. The van der Waals surface area contributed by atoms with Crippen LogP contribution in [-0.4, -0.2) is 32.2 Å². The zero-order chi connectivity index (χ0) is 15.0. The van der Waals surface area contributed by atoms with Gasteiger partial charge in [-0.3, -0.25) is 9.79 Å². The summed E-state index contributed by atoms with van der Waals surface area (Å²) in [5, 5.41) is -1.25. The Balaban J connectivity index is 2.19. The molecule has 5 heteroatoms.